The van der Waals surface area contributed by atoms with Crippen molar-refractivity contribution in [3.05, 3.63) is 0 Å². The molecule has 0 amide bonds. The third-order valence-electron chi connectivity index (χ3n) is 16.2. The van der Waals surface area contributed by atoms with Crippen molar-refractivity contribution >= 4 is 39.5 Å². The molecule has 19 heteroatoms. The normalized spacial score (nSPS) is 14.5. The lowest BCUT2D eigenvalue weighted by Crippen LogP contribution is -2.30. The van der Waals surface area contributed by atoms with E-state index in [0.717, 1.165) is 114 Å². The molecule has 0 aliphatic rings. The van der Waals surface area contributed by atoms with Gasteiger partial charge in [0.1, 0.15) is 19.3 Å². The van der Waals surface area contributed by atoms with Gasteiger partial charge >= 0.3 is 39.5 Å². The monoisotopic (exact) mass is 1300 g/mol. The van der Waals surface area contributed by atoms with Crippen LogP contribution < -0.4 is 0 Å². The van der Waals surface area contributed by atoms with Gasteiger partial charge in [-0.05, 0) is 43.4 Å². The highest BCUT2D eigenvalue weighted by Gasteiger charge is 2.30. The molecule has 0 bridgehead atoms. The van der Waals surface area contributed by atoms with E-state index >= 15 is 0 Å². The second-order valence-corrected chi connectivity index (χ2v) is 29.0. The minimum Gasteiger partial charge on any atom is -0.462 e. The van der Waals surface area contributed by atoms with Gasteiger partial charge < -0.3 is 33.8 Å². The summed E-state index contributed by atoms with van der Waals surface area (Å²) >= 11 is 0. The zero-order valence-corrected chi connectivity index (χ0v) is 59.0. The smallest absolute Gasteiger partial charge is 0.462 e. The third kappa shape index (κ3) is 61.6. The van der Waals surface area contributed by atoms with E-state index in [9.17, 15) is 43.2 Å². The SMILES string of the molecule is CCCCCCCCCCC(=O)OC[C@H](COP(=O)(O)OC[C@H](O)COP(=O)(O)OC[C@@H](COC(=O)CCCCCCCCCCCC(C)C)OC(=O)CCCCCCCCCCCCCCCC(C)C)OC(=O)CCCCCCCCCCC(C)CC. The van der Waals surface area contributed by atoms with E-state index in [0.29, 0.717) is 25.7 Å². The first kappa shape index (κ1) is 86.1. The molecular weight excluding hydrogens is 1160 g/mol. The largest absolute Gasteiger partial charge is 0.472 e. The van der Waals surface area contributed by atoms with E-state index in [1.165, 1.54) is 148 Å². The van der Waals surface area contributed by atoms with Gasteiger partial charge in [0.15, 0.2) is 12.2 Å². The van der Waals surface area contributed by atoms with Gasteiger partial charge in [0.25, 0.3) is 0 Å². The number of aliphatic hydroxyl groups is 1. The lowest BCUT2D eigenvalue weighted by molar-refractivity contribution is -0.161. The van der Waals surface area contributed by atoms with Crippen molar-refractivity contribution in [2.45, 2.75) is 362 Å². The molecule has 0 aromatic rings. The van der Waals surface area contributed by atoms with Crippen molar-refractivity contribution in [1.82, 2.24) is 0 Å². The Morgan fingerprint density at radius 3 is 0.864 bits per heavy atom. The molecule has 6 atom stereocenters. The molecule has 17 nitrogen and oxygen atoms in total. The first-order valence-electron chi connectivity index (χ1n) is 35.9. The third-order valence-corrected chi connectivity index (χ3v) is 18.1. The lowest BCUT2D eigenvalue weighted by Gasteiger charge is -2.21. The molecule has 0 saturated carbocycles. The summed E-state index contributed by atoms with van der Waals surface area (Å²) in [4.78, 5) is 72.4. The predicted octanol–water partition coefficient (Wildman–Crippen LogP) is 19.5. The molecule has 0 saturated heterocycles. The van der Waals surface area contributed by atoms with Crippen LogP contribution in [0.25, 0.3) is 0 Å². The number of phosphoric ester groups is 2. The van der Waals surface area contributed by atoms with E-state index < -0.39 is 97.5 Å². The van der Waals surface area contributed by atoms with Gasteiger partial charge in [-0.2, -0.15) is 0 Å². The Kier molecular flexibility index (Phi) is 58.7. The van der Waals surface area contributed by atoms with Crippen molar-refractivity contribution < 1.29 is 80.2 Å². The summed E-state index contributed by atoms with van der Waals surface area (Å²) in [7, 11) is -9.90. The van der Waals surface area contributed by atoms with Gasteiger partial charge in [0.05, 0.1) is 26.4 Å². The van der Waals surface area contributed by atoms with Crippen LogP contribution in [-0.4, -0.2) is 96.7 Å². The molecule has 3 N–H and O–H groups in total. The number of unbranched alkanes of at least 4 members (excludes halogenated alkanes) is 34. The number of rotatable bonds is 67. The maximum absolute atomic E-state index is 13.0. The standard InChI is InChI=1S/C69H134O17P2/c1-8-10-11-12-13-29-36-43-50-66(71)79-56-64(86-69(74)53-46-39-32-25-24-28-35-42-49-62(7)9-2)58-83-87(75,76)81-54-63(70)55-82-88(77,78)84-59-65(57-80-67(72)51-44-37-30-23-19-21-27-34-41-48-61(5)6)85-68(73)52-45-38-31-22-18-16-14-15-17-20-26-33-40-47-60(3)4/h60-65,70H,8-59H2,1-7H3,(H,75,76)(H,77,78)/t62?,63-,64+,65+/m0/s1. The molecule has 0 aromatic heterocycles. The van der Waals surface area contributed by atoms with Gasteiger partial charge in [-0.25, -0.2) is 9.13 Å². The Morgan fingerprint density at radius 2 is 0.580 bits per heavy atom. The predicted molar refractivity (Wildman–Crippen MR) is 354 cm³/mol. The van der Waals surface area contributed by atoms with Crippen LogP contribution in [0.15, 0.2) is 0 Å². The lowest BCUT2D eigenvalue weighted by atomic mass is 9.99. The molecular formula is C69H134O17P2. The molecule has 522 valence electrons. The number of aliphatic hydroxyl groups excluding tert-OH is 1. The van der Waals surface area contributed by atoms with Crippen LogP contribution in [0.5, 0.6) is 0 Å². The number of carbonyl (C=O) groups is 4. The maximum Gasteiger partial charge on any atom is 0.472 e. The van der Waals surface area contributed by atoms with Gasteiger partial charge in [-0.3, -0.25) is 37.3 Å². The molecule has 0 radical (unpaired) electrons. The van der Waals surface area contributed by atoms with E-state index in [1.54, 1.807) is 0 Å². The summed E-state index contributed by atoms with van der Waals surface area (Å²) in [6.07, 6.45) is 43.0. The van der Waals surface area contributed by atoms with E-state index in [1.807, 2.05) is 0 Å². The van der Waals surface area contributed by atoms with E-state index in [4.69, 9.17) is 37.0 Å². The van der Waals surface area contributed by atoms with Crippen molar-refractivity contribution in [2.24, 2.45) is 17.8 Å². The average molecular weight is 1300 g/mol. The number of esters is 4. The van der Waals surface area contributed by atoms with Crippen LogP contribution in [0.4, 0.5) is 0 Å². The fourth-order valence-electron chi connectivity index (χ4n) is 10.3. The Labute approximate surface area is 537 Å². The van der Waals surface area contributed by atoms with Gasteiger partial charge in [0, 0.05) is 25.7 Å². The summed E-state index contributed by atoms with van der Waals surface area (Å²) in [5, 5.41) is 10.6. The maximum atomic E-state index is 13.0. The van der Waals surface area contributed by atoms with E-state index in [-0.39, 0.29) is 25.7 Å². The van der Waals surface area contributed by atoms with Crippen LogP contribution in [0.1, 0.15) is 344 Å². The van der Waals surface area contributed by atoms with Crippen molar-refractivity contribution in [1.29, 1.82) is 0 Å². The molecule has 0 fully saturated rings. The fourth-order valence-corrected chi connectivity index (χ4v) is 11.9. The van der Waals surface area contributed by atoms with Gasteiger partial charge in [-0.15, -0.1) is 0 Å². The summed E-state index contributed by atoms with van der Waals surface area (Å²) in [5.41, 5.74) is 0. The first-order chi connectivity index (χ1) is 42.3. The highest BCUT2D eigenvalue weighted by molar-refractivity contribution is 7.47. The van der Waals surface area contributed by atoms with E-state index in [2.05, 4.69) is 48.5 Å². The Balaban J connectivity index is 5.23. The number of hydrogen-bond acceptors (Lipinski definition) is 15. The molecule has 0 aliphatic carbocycles. The number of carbonyl (C=O) groups excluding carboxylic acids is 4. The minimum absolute atomic E-state index is 0.104. The topological polar surface area (TPSA) is 237 Å². The van der Waals surface area contributed by atoms with Crippen LogP contribution in [0, 0.1) is 17.8 Å². The van der Waals surface area contributed by atoms with Crippen molar-refractivity contribution in [3.63, 3.8) is 0 Å². The van der Waals surface area contributed by atoms with Gasteiger partial charge in [0.2, 0.25) is 0 Å². The zero-order chi connectivity index (χ0) is 65.2. The molecule has 88 heavy (non-hydrogen) atoms. The summed E-state index contributed by atoms with van der Waals surface area (Å²) in [5.74, 6) is 0.169. The Morgan fingerprint density at radius 1 is 0.330 bits per heavy atom. The summed E-state index contributed by atoms with van der Waals surface area (Å²) < 4.78 is 68.2. The molecule has 3 unspecified atom stereocenters. The number of hydrogen-bond donors (Lipinski definition) is 3. The van der Waals surface area contributed by atoms with Crippen molar-refractivity contribution in [2.75, 3.05) is 39.6 Å². The summed E-state index contributed by atoms with van der Waals surface area (Å²) in [6.45, 7) is 11.8. The highest BCUT2D eigenvalue weighted by Crippen LogP contribution is 2.45. The van der Waals surface area contributed by atoms with Gasteiger partial charge in [-0.1, -0.05) is 292 Å². The second-order valence-electron chi connectivity index (χ2n) is 26.1. The van der Waals surface area contributed by atoms with Crippen LogP contribution in [0.2, 0.25) is 0 Å². The average Bonchev–Trinajstić information content (AvgIpc) is 3.56. The van der Waals surface area contributed by atoms with Crippen molar-refractivity contribution in [3.8, 4) is 0 Å². The Bertz CT molecular complexity index is 1730. The fraction of sp³-hybridized carbons (Fsp3) is 0.942. The highest BCUT2D eigenvalue weighted by atomic mass is 31.2. The number of ether oxygens (including phenoxy) is 4. The van der Waals surface area contributed by atoms with Crippen LogP contribution >= 0.6 is 15.6 Å². The molecule has 0 spiro atoms. The van der Waals surface area contributed by atoms with Crippen LogP contribution in [-0.2, 0) is 65.4 Å². The van der Waals surface area contributed by atoms with Crippen LogP contribution in [0.3, 0.4) is 0 Å². The Hall–Kier alpha value is -1.94. The quantitative estimate of drug-likeness (QED) is 0.0222. The number of phosphoric acid groups is 2. The first-order valence-corrected chi connectivity index (χ1v) is 38.9. The molecule has 0 aliphatic heterocycles. The zero-order valence-electron chi connectivity index (χ0n) is 57.2. The molecule has 0 heterocycles. The molecule has 0 rings (SSSR count). The molecule has 0 aromatic carbocycles. The summed E-state index contributed by atoms with van der Waals surface area (Å²) in [6, 6.07) is 0. The second kappa shape index (κ2) is 60.0. The minimum atomic E-state index is -4.95.